The Kier molecular flexibility index (Phi) is 6.97. The molecule has 28 heavy (non-hydrogen) atoms. The van der Waals surface area contributed by atoms with Gasteiger partial charge in [-0.2, -0.15) is 13.2 Å². The second kappa shape index (κ2) is 9.02. The van der Waals surface area contributed by atoms with Gasteiger partial charge in [-0.25, -0.2) is 0 Å². The fourth-order valence-corrected chi connectivity index (χ4v) is 2.82. The minimum Gasteiger partial charge on any atom is -0.370 e. The van der Waals surface area contributed by atoms with Crippen molar-refractivity contribution in [2.24, 2.45) is 5.73 Å². The number of amides is 3. The molecule has 1 atom stereocenters. The fraction of sp³-hybridized carbons (Fsp3) is 0.471. The Morgan fingerprint density at radius 3 is 2.46 bits per heavy atom. The number of primary amides is 1. The molecule has 1 saturated heterocycles. The first-order chi connectivity index (χ1) is 13.1. The highest BCUT2D eigenvalue weighted by Gasteiger charge is 2.38. The fourth-order valence-electron chi connectivity index (χ4n) is 2.82. The van der Waals surface area contributed by atoms with Crippen molar-refractivity contribution in [2.75, 3.05) is 43.1 Å². The molecular formula is C17H21F3N4O4. The lowest BCUT2D eigenvalue weighted by Crippen LogP contribution is -2.54. The quantitative estimate of drug-likeness (QED) is 0.654. The number of rotatable bonds is 7. The number of nitrogens with zero attached hydrogens (tertiary/aromatic N) is 2. The normalized spacial score (nSPS) is 16.2. The van der Waals surface area contributed by atoms with Gasteiger partial charge < -0.3 is 20.7 Å². The number of ether oxygens (including phenoxy) is 1. The molecule has 1 fully saturated rings. The maximum Gasteiger partial charge on any atom is 0.401 e. The SMILES string of the molecule is CCN(CC(F)(F)F)[C@@H](C(N)=O)C(=O)Nc1ccc(N2CCOCC2=O)cc1. The highest BCUT2D eigenvalue weighted by Crippen LogP contribution is 2.21. The molecule has 0 unspecified atom stereocenters. The number of hydrogen-bond acceptors (Lipinski definition) is 5. The summed E-state index contributed by atoms with van der Waals surface area (Å²) in [6, 6.07) is 4.34. The van der Waals surface area contributed by atoms with E-state index >= 15 is 0 Å². The van der Waals surface area contributed by atoms with Crippen LogP contribution in [0.2, 0.25) is 0 Å². The Labute approximate surface area is 159 Å². The van der Waals surface area contributed by atoms with Crippen LogP contribution < -0.4 is 16.0 Å². The molecule has 1 aromatic carbocycles. The second-order valence-corrected chi connectivity index (χ2v) is 6.12. The van der Waals surface area contributed by atoms with Gasteiger partial charge in [0.15, 0.2) is 6.04 Å². The molecule has 3 N–H and O–H groups in total. The largest absolute Gasteiger partial charge is 0.401 e. The number of anilines is 2. The lowest BCUT2D eigenvalue weighted by molar-refractivity contribution is -0.156. The van der Waals surface area contributed by atoms with E-state index in [2.05, 4.69) is 5.32 Å². The number of nitrogens with one attached hydrogen (secondary N) is 1. The van der Waals surface area contributed by atoms with Gasteiger partial charge in [0.05, 0.1) is 13.2 Å². The van der Waals surface area contributed by atoms with Crippen LogP contribution in [-0.4, -0.2) is 67.7 Å². The van der Waals surface area contributed by atoms with E-state index in [0.717, 1.165) is 0 Å². The van der Waals surface area contributed by atoms with E-state index in [1.54, 1.807) is 12.1 Å². The maximum absolute atomic E-state index is 12.7. The molecule has 8 nitrogen and oxygen atoms in total. The Morgan fingerprint density at radius 1 is 1.32 bits per heavy atom. The van der Waals surface area contributed by atoms with E-state index in [9.17, 15) is 27.6 Å². The summed E-state index contributed by atoms with van der Waals surface area (Å²) in [5.41, 5.74) is 6.00. The van der Waals surface area contributed by atoms with Crippen molar-refractivity contribution in [2.45, 2.75) is 19.1 Å². The third kappa shape index (κ3) is 5.67. The number of nitrogens with two attached hydrogens (primary N) is 1. The van der Waals surface area contributed by atoms with Crippen LogP contribution >= 0.6 is 0 Å². The summed E-state index contributed by atoms with van der Waals surface area (Å²) in [6.07, 6.45) is -4.59. The topological polar surface area (TPSA) is 105 Å². The van der Waals surface area contributed by atoms with Gasteiger partial charge in [-0.05, 0) is 30.8 Å². The smallest absolute Gasteiger partial charge is 0.370 e. The predicted molar refractivity (Wildman–Crippen MR) is 94.5 cm³/mol. The maximum atomic E-state index is 12.7. The molecule has 1 heterocycles. The molecule has 154 valence electrons. The molecular weight excluding hydrogens is 381 g/mol. The zero-order valence-electron chi connectivity index (χ0n) is 15.2. The van der Waals surface area contributed by atoms with E-state index in [1.807, 2.05) is 0 Å². The molecule has 1 aromatic rings. The van der Waals surface area contributed by atoms with Gasteiger partial charge in [-0.15, -0.1) is 0 Å². The summed E-state index contributed by atoms with van der Waals surface area (Å²) in [7, 11) is 0. The number of carbonyl (C=O) groups is 3. The molecule has 0 bridgehead atoms. The summed E-state index contributed by atoms with van der Waals surface area (Å²) < 4.78 is 43.1. The zero-order valence-corrected chi connectivity index (χ0v) is 15.2. The third-order valence-corrected chi connectivity index (χ3v) is 4.10. The van der Waals surface area contributed by atoms with Gasteiger partial charge in [0.1, 0.15) is 6.61 Å². The van der Waals surface area contributed by atoms with Gasteiger partial charge in [0.2, 0.25) is 5.91 Å². The average molecular weight is 402 g/mol. The highest BCUT2D eigenvalue weighted by atomic mass is 19.4. The van der Waals surface area contributed by atoms with Crippen molar-refractivity contribution < 1.29 is 32.3 Å². The van der Waals surface area contributed by atoms with Gasteiger partial charge in [-0.3, -0.25) is 19.3 Å². The minimum absolute atomic E-state index is 0.0230. The number of benzene rings is 1. The zero-order chi connectivity index (χ0) is 20.9. The molecule has 0 aliphatic carbocycles. The Hall–Kier alpha value is -2.66. The third-order valence-electron chi connectivity index (χ3n) is 4.10. The van der Waals surface area contributed by atoms with Crippen molar-refractivity contribution in [3.63, 3.8) is 0 Å². The Bertz CT molecular complexity index is 724. The first-order valence-corrected chi connectivity index (χ1v) is 8.51. The van der Waals surface area contributed by atoms with Gasteiger partial charge in [-0.1, -0.05) is 6.92 Å². The lowest BCUT2D eigenvalue weighted by atomic mass is 10.2. The predicted octanol–water partition coefficient (Wildman–Crippen LogP) is 0.726. The number of carbonyl (C=O) groups excluding carboxylic acids is 3. The molecule has 0 spiro atoms. The van der Waals surface area contributed by atoms with Crippen molar-refractivity contribution in [3.8, 4) is 0 Å². The van der Waals surface area contributed by atoms with E-state index in [-0.39, 0.29) is 24.7 Å². The van der Waals surface area contributed by atoms with Crippen LogP contribution in [0.3, 0.4) is 0 Å². The summed E-state index contributed by atoms with van der Waals surface area (Å²) in [5, 5.41) is 2.39. The molecule has 0 saturated carbocycles. The van der Waals surface area contributed by atoms with E-state index in [0.29, 0.717) is 23.7 Å². The molecule has 1 aliphatic heterocycles. The number of halogens is 3. The van der Waals surface area contributed by atoms with Crippen molar-refractivity contribution in [1.29, 1.82) is 0 Å². The van der Waals surface area contributed by atoms with Crippen LogP contribution in [0.1, 0.15) is 6.92 Å². The van der Waals surface area contributed by atoms with Gasteiger partial charge >= 0.3 is 6.18 Å². The number of morpholine rings is 1. The van der Waals surface area contributed by atoms with Gasteiger partial charge in [0, 0.05) is 17.9 Å². The van der Waals surface area contributed by atoms with E-state index in [1.165, 1.54) is 24.0 Å². The molecule has 11 heteroatoms. The van der Waals surface area contributed by atoms with Crippen LogP contribution in [0.4, 0.5) is 24.5 Å². The summed E-state index contributed by atoms with van der Waals surface area (Å²) in [6.45, 7) is 0.517. The van der Waals surface area contributed by atoms with Crippen LogP contribution in [0.25, 0.3) is 0 Å². The molecule has 0 radical (unpaired) electrons. The standard InChI is InChI=1S/C17H21F3N4O4/c1-2-23(10-17(18,19)20)14(15(21)26)16(27)22-11-3-5-12(6-4-11)24-7-8-28-9-13(24)25/h3-6,14H,2,7-10H2,1H3,(H2,21,26)(H,22,27)/t14-/m0/s1. The number of likely N-dealkylation sites (N-methyl/N-ethyl adjacent to an activating group) is 1. The van der Waals surface area contributed by atoms with Crippen LogP contribution in [0.15, 0.2) is 24.3 Å². The molecule has 3 amide bonds. The van der Waals surface area contributed by atoms with Gasteiger partial charge in [0.25, 0.3) is 11.8 Å². The number of alkyl halides is 3. The van der Waals surface area contributed by atoms with Crippen LogP contribution in [0.5, 0.6) is 0 Å². The Morgan fingerprint density at radius 2 is 1.96 bits per heavy atom. The van der Waals surface area contributed by atoms with E-state index < -0.39 is 30.6 Å². The van der Waals surface area contributed by atoms with Crippen LogP contribution in [-0.2, 0) is 19.1 Å². The average Bonchev–Trinajstić information content (AvgIpc) is 2.61. The van der Waals surface area contributed by atoms with Crippen molar-refractivity contribution in [3.05, 3.63) is 24.3 Å². The number of hydrogen-bond donors (Lipinski definition) is 2. The summed E-state index contributed by atoms with van der Waals surface area (Å²) in [4.78, 5) is 38.0. The van der Waals surface area contributed by atoms with E-state index in [4.69, 9.17) is 10.5 Å². The Balaban J connectivity index is 2.10. The summed E-state index contributed by atoms with van der Waals surface area (Å²) in [5.74, 6) is -2.35. The molecule has 0 aromatic heterocycles. The summed E-state index contributed by atoms with van der Waals surface area (Å²) >= 11 is 0. The first kappa shape index (κ1) is 21.6. The molecule has 2 rings (SSSR count). The monoisotopic (exact) mass is 402 g/mol. The first-order valence-electron chi connectivity index (χ1n) is 8.51. The van der Waals surface area contributed by atoms with Crippen molar-refractivity contribution >= 4 is 29.1 Å². The van der Waals surface area contributed by atoms with Crippen molar-refractivity contribution in [1.82, 2.24) is 4.90 Å². The second-order valence-electron chi connectivity index (χ2n) is 6.12. The highest BCUT2D eigenvalue weighted by molar-refractivity contribution is 6.09. The van der Waals surface area contributed by atoms with Crippen LogP contribution in [0, 0.1) is 0 Å². The lowest BCUT2D eigenvalue weighted by Gasteiger charge is -2.28. The molecule has 1 aliphatic rings. The minimum atomic E-state index is -4.59.